The predicted octanol–water partition coefficient (Wildman–Crippen LogP) is 1.75. The number of amides is 1. The molecule has 1 rings (SSSR count). The molecule has 1 aliphatic rings. The van der Waals surface area contributed by atoms with Gasteiger partial charge < -0.3 is 14.8 Å². The molecule has 1 N–H and O–H groups in total. The van der Waals surface area contributed by atoms with Gasteiger partial charge in [-0.1, -0.05) is 12.7 Å². The van der Waals surface area contributed by atoms with Crippen LogP contribution in [0.4, 0.5) is 0 Å². The first kappa shape index (κ1) is 13.2. The first-order valence-electron chi connectivity index (χ1n) is 5.55. The highest BCUT2D eigenvalue weighted by Gasteiger charge is 2.28. The van der Waals surface area contributed by atoms with Gasteiger partial charge in [0.05, 0.1) is 11.8 Å². The van der Waals surface area contributed by atoms with E-state index in [9.17, 15) is 9.59 Å². The zero-order valence-electron chi connectivity index (χ0n) is 9.93. The van der Waals surface area contributed by atoms with Crippen molar-refractivity contribution in [1.29, 1.82) is 0 Å². The van der Waals surface area contributed by atoms with Crippen LogP contribution < -0.4 is 0 Å². The molecule has 4 heteroatoms. The molecule has 0 aromatic heterocycles. The molecule has 1 unspecified atom stereocenters. The molecule has 92 valence electrons. The minimum absolute atomic E-state index is 0.161. The Morgan fingerprint density at radius 2 is 2.24 bits per heavy atom. The summed E-state index contributed by atoms with van der Waals surface area (Å²) in [6.07, 6.45) is 6.94. The Labute approximate surface area is 101 Å². The minimum atomic E-state index is -0.317. The third-order valence-electron chi connectivity index (χ3n) is 2.63. The van der Waals surface area contributed by atoms with Crippen molar-refractivity contribution in [1.82, 2.24) is 4.90 Å². The molecule has 0 aromatic rings. The Hall–Kier alpha value is -1.84. The molecule has 0 spiro atoms. The fourth-order valence-corrected chi connectivity index (χ4v) is 1.75. The number of rotatable bonds is 4. The number of nitrogens with zero attached hydrogens (tertiary/aromatic N) is 1. The normalized spacial score (nSPS) is 20.9. The van der Waals surface area contributed by atoms with Crippen molar-refractivity contribution in [2.75, 3.05) is 6.54 Å². The number of hydrogen-bond donors (Lipinski definition) is 1. The van der Waals surface area contributed by atoms with Gasteiger partial charge in [-0.05, 0) is 31.9 Å². The number of likely N-dealkylation sites (tertiary alicyclic amines) is 1. The summed E-state index contributed by atoms with van der Waals surface area (Å²) in [5, 5.41) is 8.93. The Kier molecular flexibility index (Phi) is 4.69. The van der Waals surface area contributed by atoms with Crippen molar-refractivity contribution in [2.24, 2.45) is 0 Å². The van der Waals surface area contributed by atoms with Gasteiger partial charge in [-0.25, -0.2) is 0 Å². The number of aliphatic hydroxyl groups excluding tert-OH is 1. The van der Waals surface area contributed by atoms with E-state index in [4.69, 9.17) is 5.11 Å². The molecule has 0 aliphatic carbocycles. The Bertz CT molecular complexity index is 378. The predicted molar refractivity (Wildman–Crippen MR) is 65.5 cm³/mol. The van der Waals surface area contributed by atoms with E-state index < -0.39 is 0 Å². The van der Waals surface area contributed by atoms with Gasteiger partial charge in [-0.3, -0.25) is 4.79 Å². The highest BCUT2D eigenvalue weighted by molar-refractivity contribution is 5.97. The summed E-state index contributed by atoms with van der Waals surface area (Å²) in [6, 6.07) is -0.317. The van der Waals surface area contributed by atoms with Crippen LogP contribution in [0.2, 0.25) is 0 Å². The largest absolute Gasteiger partial charge is 0.513 e. The molecule has 0 bridgehead atoms. The molecule has 4 nitrogen and oxygen atoms in total. The van der Waals surface area contributed by atoms with Gasteiger partial charge in [0.15, 0.2) is 0 Å². The van der Waals surface area contributed by atoms with Gasteiger partial charge in [-0.15, -0.1) is 0 Å². The summed E-state index contributed by atoms with van der Waals surface area (Å²) in [5.41, 5.74) is 0.316. The lowest BCUT2D eigenvalue weighted by Crippen LogP contribution is -2.36. The minimum Gasteiger partial charge on any atom is -0.513 e. The van der Waals surface area contributed by atoms with E-state index in [0.717, 1.165) is 19.1 Å². The van der Waals surface area contributed by atoms with Crippen molar-refractivity contribution in [3.63, 3.8) is 0 Å². The van der Waals surface area contributed by atoms with E-state index in [1.807, 2.05) is 0 Å². The van der Waals surface area contributed by atoms with E-state index in [-0.39, 0.29) is 17.7 Å². The van der Waals surface area contributed by atoms with E-state index in [1.165, 1.54) is 24.0 Å². The van der Waals surface area contributed by atoms with Gasteiger partial charge in [0, 0.05) is 12.1 Å². The smallest absolute Gasteiger partial charge is 0.253 e. The lowest BCUT2D eigenvalue weighted by Gasteiger charge is -2.20. The average Bonchev–Trinajstić information content (AvgIpc) is 2.75. The molecule has 0 aromatic carbocycles. The number of aldehydes is 1. The van der Waals surface area contributed by atoms with Crippen LogP contribution in [-0.2, 0) is 9.59 Å². The van der Waals surface area contributed by atoms with Crippen LogP contribution in [0.1, 0.15) is 19.8 Å². The fraction of sp³-hybridized carbons (Fsp3) is 0.385. The number of hydrogen-bond acceptors (Lipinski definition) is 3. The quantitative estimate of drug-likeness (QED) is 0.349. The van der Waals surface area contributed by atoms with Gasteiger partial charge in [0.1, 0.15) is 6.29 Å². The summed E-state index contributed by atoms with van der Waals surface area (Å²) in [7, 11) is 0. The van der Waals surface area contributed by atoms with Crippen LogP contribution in [0.5, 0.6) is 0 Å². The second-order valence-electron chi connectivity index (χ2n) is 4.04. The molecule has 1 saturated heterocycles. The molecular formula is C13H17NO3. The third-order valence-corrected chi connectivity index (χ3v) is 2.63. The van der Waals surface area contributed by atoms with E-state index in [2.05, 4.69) is 6.58 Å². The topological polar surface area (TPSA) is 57.6 Å². The Morgan fingerprint density at radius 3 is 2.82 bits per heavy atom. The second-order valence-corrected chi connectivity index (χ2v) is 4.04. The lowest BCUT2D eigenvalue weighted by atomic mass is 10.2. The van der Waals surface area contributed by atoms with E-state index in [0.29, 0.717) is 12.1 Å². The number of aliphatic hydroxyl groups is 1. The van der Waals surface area contributed by atoms with Crippen LogP contribution in [0, 0.1) is 0 Å². The van der Waals surface area contributed by atoms with Crippen molar-refractivity contribution in [3.05, 3.63) is 36.1 Å². The molecule has 17 heavy (non-hydrogen) atoms. The summed E-state index contributed by atoms with van der Waals surface area (Å²) < 4.78 is 0. The molecule has 0 radical (unpaired) electrons. The third kappa shape index (κ3) is 3.59. The Balaban J connectivity index is 2.64. The maximum absolute atomic E-state index is 11.9. The SMILES string of the molecule is C=C(/C=C\C=C(/C)O)C(=O)N1CCCC1C=O. The number of allylic oxidation sites excluding steroid dienone is 3. The van der Waals surface area contributed by atoms with Crippen molar-refractivity contribution in [2.45, 2.75) is 25.8 Å². The van der Waals surface area contributed by atoms with Crippen molar-refractivity contribution in [3.8, 4) is 0 Å². The van der Waals surface area contributed by atoms with Crippen LogP contribution in [0.15, 0.2) is 36.1 Å². The van der Waals surface area contributed by atoms with Crippen LogP contribution in [0.25, 0.3) is 0 Å². The van der Waals surface area contributed by atoms with Gasteiger partial charge in [0.2, 0.25) is 0 Å². The highest BCUT2D eigenvalue weighted by Crippen LogP contribution is 2.17. The molecule has 1 fully saturated rings. The molecule has 1 atom stereocenters. The van der Waals surface area contributed by atoms with Crippen LogP contribution in [0.3, 0.4) is 0 Å². The second kappa shape index (κ2) is 6.03. The van der Waals surface area contributed by atoms with Gasteiger partial charge >= 0.3 is 0 Å². The number of carbonyl (C=O) groups excluding carboxylic acids is 2. The van der Waals surface area contributed by atoms with Crippen molar-refractivity contribution >= 4 is 12.2 Å². The van der Waals surface area contributed by atoms with Gasteiger partial charge in [0.25, 0.3) is 5.91 Å². The average molecular weight is 235 g/mol. The molecule has 1 aliphatic heterocycles. The maximum Gasteiger partial charge on any atom is 0.253 e. The molecule has 0 saturated carbocycles. The van der Waals surface area contributed by atoms with Crippen LogP contribution >= 0.6 is 0 Å². The van der Waals surface area contributed by atoms with E-state index in [1.54, 1.807) is 6.08 Å². The summed E-state index contributed by atoms with van der Waals surface area (Å²) in [6.45, 7) is 5.80. The molecule has 1 amide bonds. The zero-order chi connectivity index (χ0) is 12.8. The van der Waals surface area contributed by atoms with Crippen molar-refractivity contribution < 1.29 is 14.7 Å². The Morgan fingerprint density at radius 1 is 1.53 bits per heavy atom. The lowest BCUT2D eigenvalue weighted by molar-refractivity contribution is -0.130. The van der Waals surface area contributed by atoms with Crippen LogP contribution in [-0.4, -0.2) is 34.8 Å². The first-order chi connectivity index (χ1) is 8.06. The zero-order valence-corrected chi connectivity index (χ0v) is 9.93. The van der Waals surface area contributed by atoms with Gasteiger partial charge in [-0.2, -0.15) is 0 Å². The standard InChI is InChI=1S/C13H17NO3/c1-10(5-3-6-11(2)16)13(17)14-8-4-7-12(14)9-15/h3,5-6,9,12,16H,1,4,7-8H2,2H3/b5-3-,11-6+. The summed E-state index contributed by atoms with van der Waals surface area (Å²) in [4.78, 5) is 24.2. The molecular weight excluding hydrogens is 218 g/mol. The van der Waals surface area contributed by atoms with E-state index >= 15 is 0 Å². The fourth-order valence-electron chi connectivity index (χ4n) is 1.75. The number of carbonyl (C=O) groups is 2. The summed E-state index contributed by atoms with van der Waals surface area (Å²) in [5.74, 6) is -0.0618. The monoisotopic (exact) mass is 235 g/mol. The first-order valence-corrected chi connectivity index (χ1v) is 5.55. The molecule has 1 heterocycles. The highest BCUT2D eigenvalue weighted by atomic mass is 16.3. The maximum atomic E-state index is 11.9. The summed E-state index contributed by atoms with van der Waals surface area (Å²) >= 11 is 0.